The molecule has 2 N–H and O–H groups in total. The maximum Gasteiger partial charge on any atom is 0.260 e. The zero-order chi connectivity index (χ0) is 13.4. The van der Waals surface area contributed by atoms with Crippen molar-refractivity contribution in [2.45, 2.75) is 0 Å². The molecule has 0 aliphatic heterocycles. The third-order valence-electron chi connectivity index (χ3n) is 2.40. The third-order valence-corrected chi connectivity index (χ3v) is 4.29. The van der Waals surface area contributed by atoms with Gasteiger partial charge in [0.1, 0.15) is 0 Å². The molecule has 19 heavy (non-hydrogen) atoms. The molecule has 0 spiro atoms. The number of rotatable bonds is 2. The number of aromatic nitrogens is 3. The third kappa shape index (κ3) is 2.43. The van der Waals surface area contributed by atoms with Crippen LogP contribution in [0.2, 0.25) is 0 Å². The smallest absolute Gasteiger partial charge is 0.260 e. The summed E-state index contributed by atoms with van der Waals surface area (Å²) >= 11 is 8.24. The molecule has 0 aliphatic rings. The second kappa shape index (κ2) is 5.03. The van der Waals surface area contributed by atoms with E-state index in [4.69, 9.17) is 10.3 Å². The summed E-state index contributed by atoms with van der Waals surface area (Å²) in [6, 6.07) is 3.70. The predicted molar refractivity (Wildman–Crippen MR) is 80.7 cm³/mol. The van der Waals surface area contributed by atoms with Crippen LogP contribution in [-0.2, 0) is 0 Å². The lowest BCUT2D eigenvalue weighted by Gasteiger charge is -2.04. The van der Waals surface area contributed by atoms with Crippen molar-refractivity contribution in [2.75, 3.05) is 5.73 Å². The highest BCUT2D eigenvalue weighted by Crippen LogP contribution is 2.35. The Bertz CT molecular complexity index is 726. The molecule has 3 aromatic rings. The van der Waals surface area contributed by atoms with E-state index >= 15 is 0 Å². The van der Waals surface area contributed by atoms with Gasteiger partial charge in [0.25, 0.3) is 5.89 Å². The summed E-state index contributed by atoms with van der Waals surface area (Å²) in [6.07, 6.45) is 1.69. The Morgan fingerprint density at radius 2 is 2.11 bits per heavy atom. The maximum atomic E-state index is 6.01. The summed E-state index contributed by atoms with van der Waals surface area (Å²) in [7, 11) is 0. The normalized spacial score (nSPS) is 10.8. The Kier molecular flexibility index (Phi) is 3.38. The average Bonchev–Trinajstić information content (AvgIpc) is 3.03. The monoisotopic (exact) mass is 400 g/mol. The Morgan fingerprint density at radius 3 is 2.84 bits per heavy atom. The van der Waals surface area contributed by atoms with Crippen LogP contribution < -0.4 is 5.73 Å². The molecule has 0 unspecified atom stereocenters. The summed E-state index contributed by atoms with van der Waals surface area (Å²) in [5.74, 6) is 0.885. The largest absolute Gasteiger partial charge is 0.397 e. The van der Waals surface area contributed by atoms with Crippen molar-refractivity contribution in [3.8, 4) is 22.2 Å². The molecular weight excluding hydrogens is 396 g/mol. The number of thiazole rings is 1. The zero-order valence-electron chi connectivity index (χ0n) is 9.30. The van der Waals surface area contributed by atoms with Gasteiger partial charge in [0.05, 0.1) is 21.6 Å². The first kappa shape index (κ1) is 12.8. The molecule has 0 radical (unpaired) electrons. The second-order valence-electron chi connectivity index (χ2n) is 3.64. The van der Waals surface area contributed by atoms with Gasteiger partial charge in [-0.2, -0.15) is 4.98 Å². The second-order valence-corrected chi connectivity index (χ2v) is 6.29. The average molecular weight is 402 g/mol. The minimum atomic E-state index is 0.378. The molecule has 2 heterocycles. The van der Waals surface area contributed by atoms with Gasteiger partial charge in [0, 0.05) is 15.1 Å². The minimum absolute atomic E-state index is 0.378. The molecule has 1 aromatic carbocycles. The van der Waals surface area contributed by atoms with E-state index in [-0.39, 0.29) is 0 Å². The highest BCUT2D eigenvalue weighted by molar-refractivity contribution is 9.11. The van der Waals surface area contributed by atoms with Crippen LogP contribution in [0.25, 0.3) is 22.2 Å². The fourth-order valence-corrected chi connectivity index (χ4v) is 3.29. The van der Waals surface area contributed by atoms with Gasteiger partial charge >= 0.3 is 0 Å². The molecule has 0 amide bonds. The molecule has 0 aliphatic carbocycles. The highest BCUT2D eigenvalue weighted by Gasteiger charge is 2.16. The van der Waals surface area contributed by atoms with Gasteiger partial charge in [0.2, 0.25) is 5.82 Å². The van der Waals surface area contributed by atoms with Crippen LogP contribution >= 0.6 is 43.2 Å². The number of hydrogen-bond donors (Lipinski definition) is 1. The van der Waals surface area contributed by atoms with Crippen LogP contribution in [0.4, 0.5) is 5.69 Å². The molecule has 0 atom stereocenters. The van der Waals surface area contributed by atoms with Crippen molar-refractivity contribution in [3.63, 3.8) is 0 Å². The summed E-state index contributed by atoms with van der Waals surface area (Å²) in [4.78, 5) is 9.17. The first-order valence-electron chi connectivity index (χ1n) is 5.12. The number of anilines is 1. The molecule has 0 fully saturated rings. The van der Waals surface area contributed by atoms with E-state index in [1.165, 1.54) is 11.3 Å². The molecule has 3 rings (SSSR count). The van der Waals surface area contributed by atoms with Crippen LogP contribution in [0, 0.1) is 0 Å². The van der Waals surface area contributed by atoms with Crippen molar-refractivity contribution in [1.82, 2.24) is 15.1 Å². The van der Waals surface area contributed by atoms with E-state index < -0.39 is 0 Å². The van der Waals surface area contributed by atoms with Gasteiger partial charge in [-0.1, -0.05) is 21.1 Å². The van der Waals surface area contributed by atoms with Crippen molar-refractivity contribution in [1.29, 1.82) is 0 Å². The molecular formula is C11H6Br2N4OS. The molecule has 8 heteroatoms. The van der Waals surface area contributed by atoms with Crippen LogP contribution in [0.5, 0.6) is 0 Å². The Balaban J connectivity index is 2.09. The quantitative estimate of drug-likeness (QED) is 0.657. The highest BCUT2D eigenvalue weighted by atomic mass is 79.9. The number of halogens is 2. The number of nitrogens with two attached hydrogens (primary N) is 1. The number of nitrogens with zero attached hydrogens (tertiary/aromatic N) is 3. The van der Waals surface area contributed by atoms with E-state index in [1.54, 1.807) is 11.7 Å². The van der Waals surface area contributed by atoms with E-state index in [1.807, 2.05) is 12.1 Å². The fraction of sp³-hybridized carbons (Fsp3) is 0. The van der Waals surface area contributed by atoms with Gasteiger partial charge in [-0.15, -0.1) is 11.3 Å². The molecule has 0 saturated heterocycles. The van der Waals surface area contributed by atoms with Gasteiger partial charge < -0.3 is 10.3 Å². The van der Waals surface area contributed by atoms with Crippen LogP contribution in [0.15, 0.2) is 37.3 Å². The SMILES string of the molecule is Nc1c(Br)cc(Br)cc1-c1nc(-c2cncs2)no1. The molecule has 2 aromatic heterocycles. The Morgan fingerprint density at radius 1 is 1.26 bits per heavy atom. The van der Waals surface area contributed by atoms with Gasteiger partial charge in [-0.25, -0.2) is 0 Å². The predicted octanol–water partition coefficient (Wildman–Crippen LogP) is 3.97. The molecule has 5 nitrogen and oxygen atoms in total. The zero-order valence-corrected chi connectivity index (χ0v) is 13.3. The Labute approximate surface area is 129 Å². The van der Waals surface area contributed by atoms with E-state index in [9.17, 15) is 0 Å². The standard InChI is InChI=1S/C11H6Br2N4OS/c12-5-1-6(9(14)7(13)2-5)11-16-10(17-18-11)8-3-15-4-19-8/h1-4H,14H2. The minimum Gasteiger partial charge on any atom is -0.397 e. The van der Waals surface area contributed by atoms with Crippen LogP contribution in [-0.4, -0.2) is 15.1 Å². The number of nitrogen functional groups attached to an aromatic ring is 1. The van der Waals surface area contributed by atoms with Crippen molar-refractivity contribution >= 4 is 48.9 Å². The van der Waals surface area contributed by atoms with E-state index in [0.29, 0.717) is 23.0 Å². The Hall–Kier alpha value is -1.25. The molecule has 0 bridgehead atoms. The lowest BCUT2D eigenvalue weighted by Crippen LogP contribution is -1.92. The lowest BCUT2D eigenvalue weighted by molar-refractivity contribution is 0.432. The van der Waals surface area contributed by atoms with Gasteiger partial charge in [-0.3, -0.25) is 4.98 Å². The fourth-order valence-electron chi connectivity index (χ4n) is 1.52. The van der Waals surface area contributed by atoms with Crippen LogP contribution in [0.1, 0.15) is 0 Å². The van der Waals surface area contributed by atoms with E-state index in [0.717, 1.165) is 13.8 Å². The summed E-state index contributed by atoms with van der Waals surface area (Å²) < 4.78 is 6.91. The topological polar surface area (TPSA) is 77.8 Å². The first-order chi connectivity index (χ1) is 9.15. The van der Waals surface area contributed by atoms with Crippen LogP contribution in [0.3, 0.4) is 0 Å². The summed E-state index contributed by atoms with van der Waals surface area (Å²) in [5.41, 5.74) is 8.97. The lowest BCUT2D eigenvalue weighted by atomic mass is 10.2. The summed E-state index contributed by atoms with van der Waals surface area (Å²) in [5, 5.41) is 3.93. The van der Waals surface area contributed by atoms with Crippen molar-refractivity contribution in [3.05, 3.63) is 32.8 Å². The van der Waals surface area contributed by atoms with Gasteiger partial charge in [0.15, 0.2) is 0 Å². The van der Waals surface area contributed by atoms with E-state index in [2.05, 4.69) is 47.0 Å². The maximum absolute atomic E-state index is 6.01. The summed E-state index contributed by atoms with van der Waals surface area (Å²) in [6.45, 7) is 0. The first-order valence-corrected chi connectivity index (χ1v) is 7.59. The van der Waals surface area contributed by atoms with Gasteiger partial charge in [-0.05, 0) is 28.1 Å². The number of benzene rings is 1. The number of hydrogen-bond acceptors (Lipinski definition) is 6. The molecule has 0 saturated carbocycles. The van der Waals surface area contributed by atoms with Crippen molar-refractivity contribution in [2.24, 2.45) is 0 Å². The van der Waals surface area contributed by atoms with Crippen molar-refractivity contribution < 1.29 is 4.52 Å². The molecule has 96 valence electrons.